The number of allylic oxidation sites excluding steroid dienone is 1. The zero-order chi connectivity index (χ0) is 19.2. The van der Waals surface area contributed by atoms with Gasteiger partial charge in [-0.05, 0) is 55.8 Å². The first kappa shape index (κ1) is 18.8. The SMILES string of the molecule is COc1ccc(/C=C/C(=O)c2ccccc2[N+](=O)[O-])cc1CN1CCCC1. The third kappa shape index (κ3) is 4.60. The highest BCUT2D eigenvalue weighted by Gasteiger charge is 2.17. The van der Waals surface area contributed by atoms with Crippen LogP contribution in [0.15, 0.2) is 48.5 Å². The van der Waals surface area contributed by atoms with Gasteiger partial charge in [0.25, 0.3) is 5.69 Å². The van der Waals surface area contributed by atoms with Crippen LogP contribution in [-0.2, 0) is 6.54 Å². The summed E-state index contributed by atoms with van der Waals surface area (Å²) in [5, 5.41) is 11.1. The van der Waals surface area contributed by atoms with Gasteiger partial charge in [-0.3, -0.25) is 19.8 Å². The van der Waals surface area contributed by atoms with E-state index in [1.807, 2.05) is 18.2 Å². The second kappa shape index (κ2) is 8.60. The zero-order valence-electron chi connectivity index (χ0n) is 15.3. The molecule has 0 bridgehead atoms. The van der Waals surface area contributed by atoms with E-state index in [9.17, 15) is 14.9 Å². The molecular formula is C21H22N2O4. The number of rotatable bonds is 7. The maximum Gasteiger partial charge on any atom is 0.280 e. The summed E-state index contributed by atoms with van der Waals surface area (Å²) in [6, 6.07) is 11.7. The molecule has 1 saturated heterocycles. The quantitative estimate of drug-likeness (QED) is 0.319. The molecule has 0 atom stereocenters. The van der Waals surface area contributed by atoms with E-state index in [2.05, 4.69) is 4.90 Å². The average molecular weight is 366 g/mol. The zero-order valence-corrected chi connectivity index (χ0v) is 15.3. The minimum absolute atomic E-state index is 0.0875. The molecule has 0 aliphatic carbocycles. The molecular weight excluding hydrogens is 344 g/mol. The van der Waals surface area contributed by atoms with Crippen molar-refractivity contribution >= 4 is 17.5 Å². The van der Waals surface area contributed by atoms with E-state index in [4.69, 9.17) is 4.74 Å². The van der Waals surface area contributed by atoms with Crippen LogP contribution in [0.5, 0.6) is 5.75 Å². The molecule has 0 radical (unpaired) electrons. The van der Waals surface area contributed by atoms with Gasteiger partial charge in [0.1, 0.15) is 5.75 Å². The molecule has 0 unspecified atom stereocenters. The number of likely N-dealkylation sites (tertiary alicyclic amines) is 1. The largest absolute Gasteiger partial charge is 0.496 e. The van der Waals surface area contributed by atoms with Crippen molar-refractivity contribution in [2.24, 2.45) is 0 Å². The first-order chi connectivity index (χ1) is 13.1. The van der Waals surface area contributed by atoms with Crippen LogP contribution in [0, 0.1) is 10.1 Å². The Morgan fingerprint density at radius 2 is 1.96 bits per heavy atom. The summed E-state index contributed by atoms with van der Waals surface area (Å²) >= 11 is 0. The fourth-order valence-electron chi connectivity index (χ4n) is 3.31. The van der Waals surface area contributed by atoms with Crippen molar-refractivity contribution in [2.45, 2.75) is 19.4 Å². The Morgan fingerprint density at radius 1 is 1.22 bits per heavy atom. The highest BCUT2D eigenvalue weighted by Crippen LogP contribution is 2.24. The normalized spacial score (nSPS) is 14.6. The standard InChI is InChI=1S/C21H22N2O4/c1-27-21-11-9-16(14-17(21)15-22-12-4-5-13-22)8-10-20(24)18-6-2-3-7-19(18)23(25)26/h2-3,6-11,14H,4-5,12-13,15H2,1H3/b10-8+. The highest BCUT2D eigenvalue weighted by molar-refractivity contribution is 6.09. The van der Waals surface area contributed by atoms with E-state index >= 15 is 0 Å². The maximum absolute atomic E-state index is 12.4. The lowest BCUT2D eigenvalue weighted by molar-refractivity contribution is -0.385. The summed E-state index contributed by atoms with van der Waals surface area (Å²) in [5.41, 5.74) is 1.83. The lowest BCUT2D eigenvalue weighted by Gasteiger charge is -2.17. The predicted molar refractivity (Wildman–Crippen MR) is 104 cm³/mol. The fourth-order valence-corrected chi connectivity index (χ4v) is 3.31. The lowest BCUT2D eigenvalue weighted by Crippen LogP contribution is -2.18. The van der Waals surface area contributed by atoms with Crippen LogP contribution in [0.4, 0.5) is 5.69 Å². The van der Waals surface area contributed by atoms with Gasteiger partial charge in [-0.15, -0.1) is 0 Å². The molecule has 1 heterocycles. The summed E-state index contributed by atoms with van der Waals surface area (Å²) < 4.78 is 5.45. The number of nitro benzene ring substituents is 1. The summed E-state index contributed by atoms with van der Waals surface area (Å²) in [6.45, 7) is 2.97. The van der Waals surface area contributed by atoms with Crippen LogP contribution in [0.1, 0.15) is 34.3 Å². The highest BCUT2D eigenvalue weighted by atomic mass is 16.6. The van der Waals surface area contributed by atoms with Crippen molar-refractivity contribution in [3.05, 3.63) is 75.3 Å². The van der Waals surface area contributed by atoms with Crippen LogP contribution >= 0.6 is 0 Å². The number of para-hydroxylation sites is 1. The maximum atomic E-state index is 12.4. The molecule has 3 rings (SSSR count). The third-order valence-electron chi connectivity index (χ3n) is 4.69. The molecule has 0 spiro atoms. The minimum Gasteiger partial charge on any atom is -0.496 e. The number of carbonyl (C=O) groups excluding carboxylic acids is 1. The summed E-state index contributed by atoms with van der Waals surface area (Å²) in [5.74, 6) is 0.434. The molecule has 0 saturated carbocycles. The predicted octanol–water partition coefficient (Wildman–Crippen LogP) is 4.10. The van der Waals surface area contributed by atoms with Gasteiger partial charge in [0.15, 0.2) is 5.78 Å². The van der Waals surface area contributed by atoms with Crippen molar-refractivity contribution < 1.29 is 14.5 Å². The van der Waals surface area contributed by atoms with Crippen LogP contribution in [0.3, 0.4) is 0 Å². The average Bonchev–Trinajstić information content (AvgIpc) is 3.19. The molecule has 2 aromatic rings. The second-order valence-electron chi connectivity index (χ2n) is 6.53. The number of hydrogen-bond donors (Lipinski definition) is 0. The van der Waals surface area contributed by atoms with Crippen LogP contribution < -0.4 is 4.74 Å². The van der Waals surface area contributed by atoms with Gasteiger partial charge in [0, 0.05) is 18.2 Å². The fraction of sp³-hybridized carbons (Fsp3) is 0.286. The molecule has 6 nitrogen and oxygen atoms in total. The van der Waals surface area contributed by atoms with Crippen LogP contribution in [-0.4, -0.2) is 35.8 Å². The number of ketones is 1. The number of carbonyl (C=O) groups is 1. The number of nitrogens with zero attached hydrogens (tertiary/aromatic N) is 2. The third-order valence-corrected chi connectivity index (χ3v) is 4.69. The van der Waals surface area contributed by atoms with E-state index in [0.717, 1.165) is 36.5 Å². The van der Waals surface area contributed by atoms with Gasteiger partial charge in [-0.1, -0.05) is 24.3 Å². The number of benzene rings is 2. The Balaban J connectivity index is 1.80. The Hall–Kier alpha value is -2.99. The van der Waals surface area contributed by atoms with Gasteiger partial charge >= 0.3 is 0 Å². The molecule has 0 amide bonds. The number of ether oxygens (including phenoxy) is 1. The molecule has 0 aromatic heterocycles. The molecule has 27 heavy (non-hydrogen) atoms. The Labute approximate surface area is 158 Å². The molecule has 1 aliphatic heterocycles. The smallest absolute Gasteiger partial charge is 0.280 e. The van der Waals surface area contributed by atoms with Crippen molar-refractivity contribution in [1.29, 1.82) is 0 Å². The first-order valence-corrected chi connectivity index (χ1v) is 8.93. The Bertz CT molecular complexity index is 870. The second-order valence-corrected chi connectivity index (χ2v) is 6.53. The molecule has 1 aliphatic rings. The van der Waals surface area contributed by atoms with Gasteiger partial charge in [0.2, 0.25) is 0 Å². The number of methoxy groups -OCH3 is 1. The Morgan fingerprint density at radius 3 is 2.67 bits per heavy atom. The van der Waals surface area contributed by atoms with Crippen LogP contribution in [0.2, 0.25) is 0 Å². The molecule has 140 valence electrons. The number of hydrogen-bond acceptors (Lipinski definition) is 5. The molecule has 1 fully saturated rings. The van der Waals surface area contributed by atoms with Crippen molar-refractivity contribution in [3.8, 4) is 5.75 Å². The minimum atomic E-state index is -0.539. The van der Waals surface area contributed by atoms with Crippen LogP contribution in [0.25, 0.3) is 6.08 Å². The van der Waals surface area contributed by atoms with Gasteiger partial charge in [0.05, 0.1) is 17.6 Å². The van der Waals surface area contributed by atoms with E-state index in [0.29, 0.717) is 0 Å². The lowest BCUT2D eigenvalue weighted by atomic mass is 10.1. The summed E-state index contributed by atoms with van der Waals surface area (Å²) in [7, 11) is 1.65. The van der Waals surface area contributed by atoms with Gasteiger partial charge in [-0.25, -0.2) is 0 Å². The van der Waals surface area contributed by atoms with Crippen molar-refractivity contribution in [3.63, 3.8) is 0 Å². The number of nitro groups is 1. The summed E-state index contributed by atoms with van der Waals surface area (Å²) in [6.07, 6.45) is 5.49. The molecule has 0 N–H and O–H groups in total. The van der Waals surface area contributed by atoms with Crippen molar-refractivity contribution in [1.82, 2.24) is 4.90 Å². The Kier molecular flexibility index (Phi) is 5.98. The molecule has 2 aromatic carbocycles. The van der Waals surface area contributed by atoms with E-state index < -0.39 is 4.92 Å². The first-order valence-electron chi connectivity index (χ1n) is 8.93. The van der Waals surface area contributed by atoms with Gasteiger partial charge < -0.3 is 4.74 Å². The monoisotopic (exact) mass is 366 g/mol. The summed E-state index contributed by atoms with van der Waals surface area (Å²) in [4.78, 5) is 25.3. The van der Waals surface area contributed by atoms with E-state index in [1.54, 1.807) is 25.3 Å². The van der Waals surface area contributed by atoms with E-state index in [-0.39, 0.29) is 17.0 Å². The van der Waals surface area contributed by atoms with E-state index in [1.165, 1.54) is 31.1 Å². The molecule has 6 heteroatoms. The van der Waals surface area contributed by atoms with Crippen molar-refractivity contribution in [2.75, 3.05) is 20.2 Å². The topological polar surface area (TPSA) is 72.7 Å². The van der Waals surface area contributed by atoms with Gasteiger partial charge in [-0.2, -0.15) is 0 Å².